The van der Waals surface area contributed by atoms with Crippen LogP contribution in [0, 0.1) is 0 Å². The Bertz CT molecular complexity index is 540. The SMILES string of the molecule is CC(C)(C)OC(=O)N(C(=O)OC(C)(C)C)[C@@H](CSC[C@H](N)C(=O)O)C(=O)O. The lowest BCUT2D eigenvalue weighted by atomic mass is 10.2. The lowest BCUT2D eigenvalue weighted by Gasteiger charge is -2.31. The van der Waals surface area contributed by atoms with E-state index in [0.29, 0.717) is 4.90 Å². The van der Waals surface area contributed by atoms with Crippen molar-refractivity contribution < 1.29 is 38.9 Å². The predicted molar refractivity (Wildman–Crippen MR) is 98.7 cm³/mol. The molecule has 0 heterocycles. The van der Waals surface area contributed by atoms with Gasteiger partial charge in [0.2, 0.25) is 0 Å². The lowest BCUT2D eigenvalue weighted by molar-refractivity contribution is -0.142. The second-order valence-electron chi connectivity index (χ2n) is 7.67. The highest BCUT2D eigenvalue weighted by Gasteiger charge is 2.40. The molecule has 0 aliphatic carbocycles. The number of thioether (sulfide) groups is 1. The van der Waals surface area contributed by atoms with Gasteiger partial charge >= 0.3 is 24.1 Å². The Labute approximate surface area is 162 Å². The fourth-order valence-electron chi connectivity index (χ4n) is 1.59. The van der Waals surface area contributed by atoms with Gasteiger partial charge in [-0.1, -0.05) is 0 Å². The van der Waals surface area contributed by atoms with Gasteiger partial charge in [0.05, 0.1) is 0 Å². The van der Waals surface area contributed by atoms with Crippen LogP contribution in [0.15, 0.2) is 0 Å². The van der Waals surface area contributed by atoms with Gasteiger partial charge < -0.3 is 25.4 Å². The van der Waals surface area contributed by atoms with E-state index in [4.69, 9.17) is 20.3 Å². The summed E-state index contributed by atoms with van der Waals surface area (Å²) in [4.78, 5) is 47.7. The Morgan fingerprint density at radius 3 is 1.59 bits per heavy atom. The highest BCUT2D eigenvalue weighted by molar-refractivity contribution is 7.99. The largest absolute Gasteiger partial charge is 0.480 e. The number of amides is 2. The molecule has 4 N–H and O–H groups in total. The van der Waals surface area contributed by atoms with E-state index in [1.54, 1.807) is 41.5 Å². The van der Waals surface area contributed by atoms with Gasteiger partial charge in [0.15, 0.2) is 6.04 Å². The second kappa shape index (κ2) is 9.79. The third kappa shape index (κ3) is 10.0. The first-order valence-corrected chi connectivity index (χ1v) is 9.24. The van der Waals surface area contributed by atoms with E-state index in [1.165, 1.54) is 0 Å². The number of nitrogens with zero attached hydrogens (tertiary/aromatic N) is 1. The van der Waals surface area contributed by atoms with E-state index in [0.717, 1.165) is 11.8 Å². The van der Waals surface area contributed by atoms with Gasteiger partial charge in [-0.25, -0.2) is 14.4 Å². The number of carboxylic acids is 2. The Hall–Kier alpha value is -2.01. The molecule has 0 rings (SSSR count). The van der Waals surface area contributed by atoms with Crippen LogP contribution >= 0.6 is 11.8 Å². The van der Waals surface area contributed by atoms with Crippen molar-refractivity contribution in [3.8, 4) is 0 Å². The molecule has 0 aliphatic rings. The quantitative estimate of drug-likeness (QED) is 0.567. The van der Waals surface area contributed by atoms with Crippen molar-refractivity contribution >= 4 is 35.9 Å². The third-order valence-electron chi connectivity index (χ3n) is 2.67. The maximum atomic E-state index is 12.4. The number of aliphatic carboxylic acids is 2. The first kappa shape index (κ1) is 25.0. The van der Waals surface area contributed by atoms with Crippen LogP contribution in [-0.2, 0) is 19.1 Å². The normalized spacial score (nSPS) is 14.0. The highest BCUT2D eigenvalue weighted by Crippen LogP contribution is 2.19. The Kier molecular flexibility index (Phi) is 9.06. The minimum Gasteiger partial charge on any atom is -0.480 e. The summed E-state index contributed by atoms with van der Waals surface area (Å²) in [7, 11) is 0. The molecule has 0 aromatic rings. The lowest BCUT2D eigenvalue weighted by Crippen LogP contribution is -2.53. The van der Waals surface area contributed by atoms with Crippen molar-refractivity contribution in [2.75, 3.05) is 11.5 Å². The first-order valence-electron chi connectivity index (χ1n) is 8.09. The predicted octanol–water partition coefficient (Wildman–Crippen LogP) is 1.76. The average molecular weight is 408 g/mol. The third-order valence-corrected chi connectivity index (χ3v) is 3.81. The number of hydrogen-bond donors (Lipinski definition) is 3. The molecule has 0 radical (unpaired) electrons. The van der Waals surface area contributed by atoms with Gasteiger partial charge in [0, 0.05) is 11.5 Å². The van der Waals surface area contributed by atoms with Crippen LogP contribution < -0.4 is 5.73 Å². The van der Waals surface area contributed by atoms with Crippen LogP contribution in [0.3, 0.4) is 0 Å². The molecular formula is C16H28N2O8S. The number of carboxylic acid groups (broad SMARTS) is 2. The van der Waals surface area contributed by atoms with Crippen LogP contribution in [0.4, 0.5) is 9.59 Å². The average Bonchev–Trinajstić information content (AvgIpc) is 2.41. The minimum atomic E-state index is -1.62. The van der Waals surface area contributed by atoms with Crippen molar-refractivity contribution in [2.24, 2.45) is 5.73 Å². The molecule has 11 heteroatoms. The Morgan fingerprint density at radius 2 is 1.30 bits per heavy atom. The maximum absolute atomic E-state index is 12.4. The molecular weight excluding hydrogens is 380 g/mol. The number of imide groups is 1. The smallest absolute Gasteiger partial charge is 0.420 e. The van der Waals surface area contributed by atoms with E-state index >= 15 is 0 Å². The van der Waals surface area contributed by atoms with E-state index < -0.39 is 47.4 Å². The fourth-order valence-corrected chi connectivity index (χ4v) is 2.63. The Balaban J connectivity index is 5.53. The number of ether oxygens (including phenoxy) is 2. The van der Waals surface area contributed by atoms with Gasteiger partial charge in [-0.05, 0) is 41.5 Å². The van der Waals surface area contributed by atoms with Crippen molar-refractivity contribution in [3.05, 3.63) is 0 Å². The van der Waals surface area contributed by atoms with Crippen LogP contribution in [0.5, 0.6) is 0 Å². The van der Waals surface area contributed by atoms with Gasteiger partial charge in [-0.15, -0.1) is 0 Å². The molecule has 0 unspecified atom stereocenters. The van der Waals surface area contributed by atoms with Crippen LogP contribution in [0.2, 0.25) is 0 Å². The van der Waals surface area contributed by atoms with Crippen molar-refractivity contribution in [1.29, 1.82) is 0 Å². The molecule has 2 atom stereocenters. The maximum Gasteiger partial charge on any atom is 0.420 e. The molecule has 27 heavy (non-hydrogen) atoms. The summed E-state index contributed by atoms with van der Waals surface area (Å²) in [6.45, 7) is 9.38. The highest BCUT2D eigenvalue weighted by atomic mass is 32.2. The molecule has 0 aromatic carbocycles. The summed E-state index contributed by atoms with van der Waals surface area (Å²) in [5, 5.41) is 18.3. The van der Waals surface area contributed by atoms with Gasteiger partial charge in [0.25, 0.3) is 0 Å². The zero-order valence-electron chi connectivity index (χ0n) is 16.3. The van der Waals surface area contributed by atoms with Gasteiger partial charge in [-0.2, -0.15) is 16.7 Å². The zero-order chi connectivity index (χ0) is 21.6. The zero-order valence-corrected chi connectivity index (χ0v) is 17.2. The van der Waals surface area contributed by atoms with Crippen molar-refractivity contribution in [3.63, 3.8) is 0 Å². The van der Waals surface area contributed by atoms with Crippen LogP contribution in [0.1, 0.15) is 41.5 Å². The standard InChI is InChI=1S/C16H28N2O8S/c1-15(2,3)25-13(23)18(14(24)26-16(4,5)6)10(12(21)22)8-27-7-9(17)11(19)20/h9-10H,7-8,17H2,1-6H3,(H,19,20)(H,21,22)/t9-,10-/m0/s1. The van der Waals surface area contributed by atoms with Crippen LogP contribution in [0.25, 0.3) is 0 Å². The minimum absolute atomic E-state index is 0.102. The summed E-state index contributed by atoms with van der Waals surface area (Å²) in [5.74, 6) is -3.10. The fraction of sp³-hybridized carbons (Fsp3) is 0.750. The number of carbonyl (C=O) groups excluding carboxylic acids is 2. The summed E-state index contributed by atoms with van der Waals surface area (Å²) >= 11 is 0.881. The molecule has 0 saturated carbocycles. The van der Waals surface area contributed by atoms with E-state index in [2.05, 4.69) is 0 Å². The second-order valence-corrected chi connectivity index (χ2v) is 8.74. The monoisotopic (exact) mass is 408 g/mol. The van der Waals surface area contributed by atoms with Gasteiger partial charge in [0.1, 0.15) is 17.2 Å². The van der Waals surface area contributed by atoms with Crippen LogP contribution in [-0.4, -0.2) is 74.0 Å². The first-order chi connectivity index (χ1) is 12.0. The number of rotatable bonds is 7. The molecule has 0 spiro atoms. The number of carbonyl (C=O) groups is 4. The van der Waals surface area contributed by atoms with E-state index in [1.807, 2.05) is 0 Å². The van der Waals surface area contributed by atoms with Crippen molar-refractivity contribution in [2.45, 2.75) is 64.8 Å². The molecule has 0 aromatic heterocycles. The molecule has 156 valence electrons. The molecule has 10 nitrogen and oxygen atoms in total. The number of hydrogen-bond acceptors (Lipinski definition) is 8. The van der Waals surface area contributed by atoms with Crippen molar-refractivity contribution in [1.82, 2.24) is 4.90 Å². The summed E-state index contributed by atoms with van der Waals surface area (Å²) in [6, 6.07) is -2.83. The molecule has 0 bridgehead atoms. The van der Waals surface area contributed by atoms with E-state index in [9.17, 15) is 24.3 Å². The summed E-state index contributed by atoms with van der Waals surface area (Å²) in [6.07, 6.45) is -2.35. The van der Waals surface area contributed by atoms with E-state index in [-0.39, 0.29) is 11.5 Å². The molecule has 2 amide bonds. The summed E-state index contributed by atoms with van der Waals surface area (Å²) in [5.41, 5.74) is 3.43. The number of nitrogens with two attached hydrogens (primary N) is 1. The molecule has 0 fully saturated rings. The summed E-state index contributed by atoms with van der Waals surface area (Å²) < 4.78 is 10.3. The Morgan fingerprint density at radius 1 is 0.889 bits per heavy atom. The molecule has 0 saturated heterocycles. The van der Waals surface area contributed by atoms with Gasteiger partial charge in [-0.3, -0.25) is 4.79 Å². The topological polar surface area (TPSA) is 156 Å². The molecule has 0 aliphatic heterocycles.